The zero-order valence-electron chi connectivity index (χ0n) is 14.7. The quantitative estimate of drug-likeness (QED) is 0.331. The molecule has 2 fully saturated rings. The molecule has 0 aromatic heterocycles. The van der Waals surface area contributed by atoms with E-state index >= 15 is 0 Å². The highest BCUT2D eigenvalue weighted by Crippen LogP contribution is 2.58. The van der Waals surface area contributed by atoms with Crippen LogP contribution in [-0.2, 0) is 19.0 Å². The van der Waals surface area contributed by atoms with Gasteiger partial charge in [0, 0.05) is 11.8 Å². The van der Waals surface area contributed by atoms with Crippen LogP contribution in [0.4, 0.5) is 0 Å². The van der Waals surface area contributed by atoms with E-state index in [0.29, 0.717) is 25.9 Å². The number of hydrogen-bond donors (Lipinski definition) is 0. The van der Waals surface area contributed by atoms with Crippen molar-refractivity contribution in [2.75, 3.05) is 6.61 Å². The fraction of sp³-hybridized carbons (Fsp3) is 0.889. The van der Waals surface area contributed by atoms with Crippen molar-refractivity contribution in [2.24, 2.45) is 5.41 Å². The summed E-state index contributed by atoms with van der Waals surface area (Å²) in [6.07, 6.45) is 10.4. The van der Waals surface area contributed by atoms with Gasteiger partial charge in [-0.15, -0.1) is 6.58 Å². The van der Waals surface area contributed by atoms with Crippen molar-refractivity contribution in [3.05, 3.63) is 12.7 Å². The van der Waals surface area contributed by atoms with Crippen molar-refractivity contribution >= 4 is 10.1 Å². The average molecular weight is 345 g/mol. The third-order valence-corrected chi connectivity index (χ3v) is 7.55. The van der Waals surface area contributed by atoms with Crippen molar-refractivity contribution in [3.63, 3.8) is 0 Å². The fourth-order valence-electron chi connectivity index (χ4n) is 4.29. The zero-order chi connectivity index (χ0) is 17.0. The first kappa shape index (κ1) is 18.9. The number of allylic oxidation sites excluding steroid dienone is 1. The Morgan fingerprint density at radius 2 is 2.04 bits per heavy atom. The molecule has 1 aliphatic carbocycles. The van der Waals surface area contributed by atoms with Crippen LogP contribution < -0.4 is 0 Å². The highest BCUT2D eigenvalue weighted by Gasteiger charge is 2.62. The molecule has 0 bridgehead atoms. The second-order valence-corrected chi connectivity index (χ2v) is 8.90. The summed E-state index contributed by atoms with van der Waals surface area (Å²) < 4.78 is 37.5. The van der Waals surface area contributed by atoms with Crippen molar-refractivity contribution in [1.82, 2.24) is 0 Å². The number of ether oxygens (including phenoxy) is 1. The molecule has 1 saturated heterocycles. The predicted molar refractivity (Wildman–Crippen MR) is 92.6 cm³/mol. The lowest BCUT2D eigenvalue weighted by atomic mass is 9.77. The second-order valence-electron chi connectivity index (χ2n) is 7.08. The smallest absolute Gasteiger partial charge is 0.272 e. The molecule has 0 radical (unpaired) electrons. The Labute approximate surface area is 141 Å². The summed E-state index contributed by atoms with van der Waals surface area (Å²) in [4.78, 5) is 0. The van der Waals surface area contributed by atoms with Gasteiger partial charge < -0.3 is 4.74 Å². The molecule has 0 spiro atoms. The standard InChI is InChI=1S/C18H32O4S/c1-4-7-8-10-16(6-3)23(19,20)22-18-13-9-12-17(18,11-5-2)14-15-21-18/h5,16H,2,4,6-15H2,1,3H3. The van der Waals surface area contributed by atoms with Gasteiger partial charge in [0.1, 0.15) is 0 Å². The summed E-state index contributed by atoms with van der Waals surface area (Å²) in [5.41, 5.74) is -0.205. The maximum atomic E-state index is 12.9. The lowest BCUT2D eigenvalue weighted by Gasteiger charge is -2.38. The molecule has 1 saturated carbocycles. The van der Waals surface area contributed by atoms with Crippen LogP contribution in [0.2, 0.25) is 0 Å². The van der Waals surface area contributed by atoms with Crippen LogP contribution >= 0.6 is 0 Å². The maximum Gasteiger partial charge on any atom is 0.272 e. The van der Waals surface area contributed by atoms with Crippen LogP contribution in [0.5, 0.6) is 0 Å². The van der Waals surface area contributed by atoms with Gasteiger partial charge in [-0.25, -0.2) is 4.18 Å². The highest BCUT2D eigenvalue weighted by atomic mass is 32.2. The van der Waals surface area contributed by atoms with Gasteiger partial charge >= 0.3 is 0 Å². The lowest BCUT2D eigenvalue weighted by Crippen LogP contribution is -2.46. The minimum atomic E-state index is -3.62. The molecule has 3 unspecified atom stereocenters. The van der Waals surface area contributed by atoms with Crippen LogP contribution in [-0.4, -0.2) is 26.1 Å². The largest absolute Gasteiger partial charge is 0.348 e. The van der Waals surface area contributed by atoms with E-state index in [4.69, 9.17) is 8.92 Å². The van der Waals surface area contributed by atoms with Gasteiger partial charge in [0.15, 0.2) is 5.79 Å². The summed E-state index contributed by atoms with van der Waals surface area (Å²) in [5.74, 6) is -0.946. The van der Waals surface area contributed by atoms with Crippen molar-refractivity contribution in [1.29, 1.82) is 0 Å². The third-order valence-electron chi connectivity index (χ3n) is 5.66. The Kier molecular flexibility index (Phi) is 6.31. The average Bonchev–Trinajstić information content (AvgIpc) is 2.97. The van der Waals surface area contributed by atoms with E-state index in [1.807, 2.05) is 13.0 Å². The molecule has 1 heterocycles. The number of hydrogen-bond acceptors (Lipinski definition) is 4. The van der Waals surface area contributed by atoms with E-state index in [1.54, 1.807) is 0 Å². The van der Waals surface area contributed by atoms with Crippen LogP contribution in [0, 0.1) is 5.41 Å². The Hall–Kier alpha value is -0.390. The Balaban J connectivity index is 2.15. The normalized spacial score (nSPS) is 31.9. The van der Waals surface area contributed by atoms with Crippen LogP contribution in [0.3, 0.4) is 0 Å². The first-order valence-electron chi connectivity index (χ1n) is 9.14. The molecule has 0 amide bonds. The molecule has 134 valence electrons. The molecule has 5 heteroatoms. The molecule has 1 aliphatic heterocycles. The Morgan fingerprint density at radius 1 is 1.26 bits per heavy atom. The van der Waals surface area contributed by atoms with E-state index in [1.165, 1.54) is 0 Å². The number of unbranched alkanes of at least 4 members (excludes halogenated alkanes) is 2. The molecule has 3 atom stereocenters. The molecule has 0 aromatic rings. The van der Waals surface area contributed by atoms with Crippen LogP contribution in [0.15, 0.2) is 12.7 Å². The lowest BCUT2D eigenvalue weighted by molar-refractivity contribution is -0.188. The highest BCUT2D eigenvalue weighted by molar-refractivity contribution is 7.87. The fourth-order valence-corrected chi connectivity index (χ4v) is 5.97. The summed E-state index contributed by atoms with van der Waals surface area (Å²) in [6.45, 7) is 8.48. The molecule has 0 aromatic carbocycles. The van der Waals surface area contributed by atoms with E-state index in [-0.39, 0.29) is 5.41 Å². The van der Waals surface area contributed by atoms with Gasteiger partial charge in [0.25, 0.3) is 10.1 Å². The summed E-state index contributed by atoms with van der Waals surface area (Å²) >= 11 is 0. The van der Waals surface area contributed by atoms with Gasteiger partial charge in [-0.1, -0.05) is 39.2 Å². The molecule has 0 N–H and O–H groups in total. The predicted octanol–water partition coefficient (Wildman–Crippen LogP) is 4.55. The number of fused-ring (bicyclic) bond motifs is 1. The minimum Gasteiger partial charge on any atom is -0.348 e. The van der Waals surface area contributed by atoms with E-state index in [9.17, 15) is 8.42 Å². The Morgan fingerprint density at radius 3 is 2.70 bits per heavy atom. The summed E-state index contributed by atoms with van der Waals surface area (Å²) in [6, 6.07) is 0. The molecule has 2 aliphatic rings. The van der Waals surface area contributed by atoms with Crippen LogP contribution in [0.25, 0.3) is 0 Å². The van der Waals surface area contributed by atoms with E-state index in [2.05, 4.69) is 13.5 Å². The summed E-state index contributed by atoms with van der Waals surface area (Å²) in [5, 5.41) is -0.422. The van der Waals surface area contributed by atoms with Crippen molar-refractivity contribution in [2.45, 2.75) is 89.1 Å². The van der Waals surface area contributed by atoms with E-state index < -0.39 is 21.2 Å². The van der Waals surface area contributed by atoms with Crippen LogP contribution in [0.1, 0.15) is 78.1 Å². The van der Waals surface area contributed by atoms with Crippen molar-refractivity contribution < 1.29 is 17.3 Å². The summed E-state index contributed by atoms with van der Waals surface area (Å²) in [7, 11) is -3.62. The van der Waals surface area contributed by atoms with Gasteiger partial charge in [-0.05, 0) is 38.5 Å². The molecule has 4 nitrogen and oxygen atoms in total. The molecular formula is C18H32O4S. The van der Waals surface area contributed by atoms with Gasteiger partial charge in [0.05, 0.1) is 11.9 Å². The monoisotopic (exact) mass is 344 g/mol. The minimum absolute atomic E-state index is 0.205. The van der Waals surface area contributed by atoms with Gasteiger partial charge in [-0.3, -0.25) is 0 Å². The third kappa shape index (κ3) is 3.67. The maximum absolute atomic E-state index is 12.9. The molecule has 2 rings (SSSR count). The number of rotatable bonds is 10. The molecular weight excluding hydrogens is 312 g/mol. The first-order valence-corrected chi connectivity index (χ1v) is 10.6. The van der Waals surface area contributed by atoms with Gasteiger partial charge in [0.2, 0.25) is 0 Å². The van der Waals surface area contributed by atoms with Crippen molar-refractivity contribution in [3.8, 4) is 0 Å². The Bertz CT molecular complexity index is 487. The molecule has 23 heavy (non-hydrogen) atoms. The first-order chi connectivity index (χ1) is 11.0. The topological polar surface area (TPSA) is 52.6 Å². The van der Waals surface area contributed by atoms with Gasteiger partial charge in [-0.2, -0.15) is 8.42 Å². The zero-order valence-corrected chi connectivity index (χ0v) is 15.5. The van der Waals surface area contributed by atoms with E-state index in [0.717, 1.165) is 44.9 Å². The second kappa shape index (κ2) is 7.66. The SMILES string of the molecule is C=CCC12CCCC1(OS(=O)(=O)C(CC)CCCCC)OCC2.